The Balaban J connectivity index is 1.80. The Morgan fingerprint density at radius 1 is 1.31 bits per heavy atom. The molecule has 0 unspecified atom stereocenters. The van der Waals surface area contributed by atoms with Gasteiger partial charge in [-0.05, 0) is 18.2 Å². The summed E-state index contributed by atoms with van der Waals surface area (Å²) in [6.07, 6.45) is 0. The Labute approximate surface area is 147 Å². The Morgan fingerprint density at radius 2 is 2.08 bits per heavy atom. The fourth-order valence-electron chi connectivity index (χ4n) is 1.82. The van der Waals surface area contributed by atoms with Crippen LogP contribution in [0.15, 0.2) is 28.8 Å². The Morgan fingerprint density at radius 3 is 2.73 bits per heavy atom. The molecule has 10 heteroatoms. The number of amides is 1. The first-order chi connectivity index (χ1) is 12.3. The van der Waals surface area contributed by atoms with E-state index in [2.05, 4.69) is 20.2 Å². The van der Waals surface area contributed by atoms with Crippen LogP contribution in [0.5, 0.6) is 5.75 Å². The van der Waals surface area contributed by atoms with Crippen LogP contribution in [0.2, 0.25) is 0 Å². The van der Waals surface area contributed by atoms with Gasteiger partial charge < -0.3 is 19.3 Å². The minimum atomic E-state index is -3.00. The zero-order valence-electron chi connectivity index (χ0n) is 14.1. The van der Waals surface area contributed by atoms with Crippen LogP contribution < -0.4 is 10.1 Å². The Kier molecular flexibility index (Phi) is 6.59. The predicted octanol–water partition coefficient (Wildman–Crippen LogP) is 2.27. The Hall–Kier alpha value is -3.04. The molecule has 1 aromatic heterocycles. The Bertz CT molecular complexity index is 764. The van der Waals surface area contributed by atoms with E-state index >= 15 is 0 Å². The van der Waals surface area contributed by atoms with Gasteiger partial charge in [0.15, 0.2) is 12.4 Å². The molecule has 0 spiro atoms. The lowest BCUT2D eigenvalue weighted by atomic mass is 10.2. The quantitative estimate of drug-likeness (QED) is 0.712. The normalized spacial score (nSPS) is 10.8. The molecule has 2 aromatic rings. The summed E-state index contributed by atoms with van der Waals surface area (Å²) in [7, 11) is 0. The number of rotatable bonds is 8. The third kappa shape index (κ3) is 5.80. The molecule has 0 aliphatic rings. The zero-order chi connectivity index (χ0) is 19.1. The molecule has 0 atom stereocenters. The van der Waals surface area contributed by atoms with Gasteiger partial charge in [-0.15, -0.1) is 0 Å². The van der Waals surface area contributed by atoms with Crippen molar-refractivity contribution >= 4 is 11.9 Å². The zero-order valence-corrected chi connectivity index (χ0v) is 14.1. The molecule has 1 N–H and O–H groups in total. The fraction of sp³-hybridized carbons (Fsp3) is 0.375. The van der Waals surface area contributed by atoms with Crippen molar-refractivity contribution in [2.24, 2.45) is 0 Å². The largest absolute Gasteiger partial charge is 0.454 e. The molecule has 0 saturated carbocycles. The predicted molar refractivity (Wildman–Crippen MR) is 83.6 cm³/mol. The van der Waals surface area contributed by atoms with E-state index in [-0.39, 0.29) is 29.7 Å². The second-order valence-electron chi connectivity index (χ2n) is 5.45. The van der Waals surface area contributed by atoms with Crippen molar-refractivity contribution in [1.82, 2.24) is 15.5 Å². The molecule has 8 nitrogen and oxygen atoms in total. The molecule has 0 radical (unpaired) electrons. The van der Waals surface area contributed by atoms with Crippen molar-refractivity contribution in [3.05, 3.63) is 41.5 Å². The number of carbonyl (C=O) groups is 2. The summed E-state index contributed by atoms with van der Waals surface area (Å²) >= 11 is 0. The van der Waals surface area contributed by atoms with E-state index in [1.807, 2.05) is 13.8 Å². The van der Waals surface area contributed by atoms with Crippen molar-refractivity contribution in [2.75, 3.05) is 6.54 Å². The van der Waals surface area contributed by atoms with Gasteiger partial charge in [-0.3, -0.25) is 9.59 Å². The van der Waals surface area contributed by atoms with Crippen LogP contribution in [0.4, 0.5) is 8.78 Å². The molecule has 0 aliphatic heterocycles. The average Bonchev–Trinajstić information content (AvgIpc) is 3.07. The number of hydrogen-bond donors (Lipinski definition) is 1. The SMILES string of the molecule is CC(C)c1noc(COC(=O)CNC(=O)c2cccc(OC(F)F)c2)n1. The first-order valence-electron chi connectivity index (χ1n) is 7.66. The molecule has 0 saturated heterocycles. The van der Waals surface area contributed by atoms with Crippen LogP contribution in [0.3, 0.4) is 0 Å². The van der Waals surface area contributed by atoms with Gasteiger partial charge in [0.1, 0.15) is 12.3 Å². The highest BCUT2D eigenvalue weighted by Gasteiger charge is 2.14. The molecule has 2 rings (SSSR count). The smallest absolute Gasteiger partial charge is 0.387 e. The van der Waals surface area contributed by atoms with E-state index < -0.39 is 25.0 Å². The number of ether oxygens (including phenoxy) is 2. The molecule has 1 aromatic carbocycles. The van der Waals surface area contributed by atoms with Crippen LogP contribution in [0.1, 0.15) is 41.8 Å². The van der Waals surface area contributed by atoms with Gasteiger partial charge in [0, 0.05) is 11.5 Å². The maximum Gasteiger partial charge on any atom is 0.387 e. The monoisotopic (exact) mass is 369 g/mol. The van der Waals surface area contributed by atoms with Crippen molar-refractivity contribution < 1.29 is 32.4 Å². The number of aromatic nitrogens is 2. The van der Waals surface area contributed by atoms with Crippen molar-refractivity contribution in [3.63, 3.8) is 0 Å². The number of benzene rings is 1. The van der Waals surface area contributed by atoms with Crippen LogP contribution in [-0.4, -0.2) is 35.2 Å². The number of nitrogens with one attached hydrogen (secondary N) is 1. The van der Waals surface area contributed by atoms with E-state index in [0.29, 0.717) is 5.82 Å². The van der Waals surface area contributed by atoms with E-state index in [4.69, 9.17) is 9.26 Å². The molecular formula is C16H17F2N3O5. The second kappa shape index (κ2) is 8.88. The minimum Gasteiger partial charge on any atom is -0.454 e. The highest BCUT2D eigenvalue weighted by molar-refractivity contribution is 5.96. The summed E-state index contributed by atoms with van der Waals surface area (Å²) in [5.74, 6) is -0.801. The maximum atomic E-state index is 12.2. The molecule has 1 amide bonds. The van der Waals surface area contributed by atoms with E-state index in [9.17, 15) is 18.4 Å². The highest BCUT2D eigenvalue weighted by Crippen LogP contribution is 2.16. The lowest BCUT2D eigenvalue weighted by Crippen LogP contribution is -2.30. The second-order valence-corrected chi connectivity index (χ2v) is 5.45. The lowest BCUT2D eigenvalue weighted by Gasteiger charge is -2.07. The number of nitrogens with zero attached hydrogens (tertiary/aromatic N) is 2. The van der Waals surface area contributed by atoms with Crippen LogP contribution in [-0.2, 0) is 16.1 Å². The molecule has 1 heterocycles. The van der Waals surface area contributed by atoms with Gasteiger partial charge in [0.05, 0.1) is 0 Å². The van der Waals surface area contributed by atoms with Gasteiger partial charge in [-0.2, -0.15) is 13.8 Å². The van der Waals surface area contributed by atoms with Crippen LogP contribution in [0, 0.1) is 0 Å². The maximum absolute atomic E-state index is 12.2. The number of alkyl halides is 2. The molecule has 0 aliphatic carbocycles. The molecule has 0 fully saturated rings. The highest BCUT2D eigenvalue weighted by atomic mass is 19.3. The number of hydrogen-bond acceptors (Lipinski definition) is 7. The lowest BCUT2D eigenvalue weighted by molar-refractivity contribution is -0.144. The van der Waals surface area contributed by atoms with E-state index in [1.165, 1.54) is 18.2 Å². The van der Waals surface area contributed by atoms with Gasteiger partial charge in [0.25, 0.3) is 11.8 Å². The topological polar surface area (TPSA) is 104 Å². The number of esters is 1. The fourth-order valence-corrected chi connectivity index (χ4v) is 1.82. The summed E-state index contributed by atoms with van der Waals surface area (Å²) < 4.78 is 38.4. The first-order valence-corrected chi connectivity index (χ1v) is 7.66. The van der Waals surface area contributed by atoms with Gasteiger partial charge in [-0.25, -0.2) is 0 Å². The summed E-state index contributed by atoms with van der Waals surface area (Å²) in [5.41, 5.74) is 0.0643. The molecule has 26 heavy (non-hydrogen) atoms. The third-order valence-corrected chi connectivity index (χ3v) is 3.07. The van der Waals surface area contributed by atoms with Crippen molar-refractivity contribution in [3.8, 4) is 5.75 Å². The summed E-state index contributed by atoms with van der Waals surface area (Å²) in [6.45, 7) is 0.148. The standard InChI is InChI=1S/C16H17F2N3O5/c1-9(2)14-20-12(26-21-14)8-24-13(22)7-19-15(23)10-4-3-5-11(6-10)25-16(17)18/h3-6,9,16H,7-8H2,1-2H3,(H,19,23). The molecule has 0 bridgehead atoms. The van der Waals surface area contributed by atoms with Gasteiger partial charge >= 0.3 is 12.6 Å². The molecular weight excluding hydrogens is 352 g/mol. The van der Waals surface area contributed by atoms with Gasteiger partial charge in [0.2, 0.25) is 0 Å². The first kappa shape index (κ1) is 19.3. The minimum absolute atomic E-state index is 0.0643. The van der Waals surface area contributed by atoms with Crippen LogP contribution >= 0.6 is 0 Å². The van der Waals surface area contributed by atoms with Crippen LogP contribution in [0.25, 0.3) is 0 Å². The number of carbonyl (C=O) groups excluding carboxylic acids is 2. The summed E-state index contributed by atoms with van der Waals surface area (Å²) in [6, 6.07) is 5.20. The number of halogens is 2. The van der Waals surface area contributed by atoms with E-state index in [0.717, 1.165) is 6.07 Å². The van der Waals surface area contributed by atoms with E-state index in [1.54, 1.807) is 0 Å². The summed E-state index contributed by atoms with van der Waals surface area (Å²) in [4.78, 5) is 27.6. The van der Waals surface area contributed by atoms with Crippen molar-refractivity contribution in [1.29, 1.82) is 0 Å². The van der Waals surface area contributed by atoms with Gasteiger partial charge in [-0.1, -0.05) is 25.1 Å². The summed E-state index contributed by atoms with van der Waals surface area (Å²) in [5, 5.41) is 6.04. The average molecular weight is 369 g/mol. The third-order valence-electron chi connectivity index (χ3n) is 3.07. The molecule has 140 valence electrons. The van der Waals surface area contributed by atoms with Crippen molar-refractivity contribution in [2.45, 2.75) is 33.0 Å².